The molecule has 2 aliphatic rings. The predicted octanol–water partition coefficient (Wildman–Crippen LogP) is 0.150. The van der Waals surface area contributed by atoms with Gasteiger partial charge in [-0.05, 0) is 18.3 Å². The van der Waals surface area contributed by atoms with Crippen molar-refractivity contribution in [2.75, 3.05) is 45.9 Å². The Kier molecular flexibility index (Phi) is 5.19. The molecule has 2 rings (SSSR count). The maximum Gasteiger partial charge on any atom is 0.236 e. The summed E-state index contributed by atoms with van der Waals surface area (Å²) in [4.78, 5) is 16.5. The van der Waals surface area contributed by atoms with Crippen molar-refractivity contribution in [1.29, 1.82) is 0 Å². The summed E-state index contributed by atoms with van der Waals surface area (Å²) in [5.74, 6) is 1.45. The lowest BCUT2D eigenvalue weighted by Crippen LogP contribution is -2.55. The van der Waals surface area contributed by atoms with E-state index in [0.717, 1.165) is 19.6 Å². The van der Waals surface area contributed by atoms with Crippen molar-refractivity contribution in [3.63, 3.8) is 0 Å². The summed E-state index contributed by atoms with van der Waals surface area (Å²) < 4.78 is 5.29. The number of hydrogen-bond acceptors (Lipinski definition) is 4. The molecular formula is C14H27N3O2. The maximum absolute atomic E-state index is 12.3. The molecule has 0 bridgehead atoms. The molecule has 3 atom stereocenters. The number of hydrogen-bond donors (Lipinski definition) is 1. The van der Waals surface area contributed by atoms with Gasteiger partial charge < -0.3 is 15.4 Å². The number of rotatable bonds is 3. The zero-order valence-electron chi connectivity index (χ0n) is 12.2. The minimum atomic E-state index is 0.225. The highest BCUT2D eigenvalue weighted by molar-refractivity contribution is 5.78. The van der Waals surface area contributed by atoms with E-state index in [-0.39, 0.29) is 5.91 Å². The second kappa shape index (κ2) is 6.68. The second-order valence-electron chi connectivity index (χ2n) is 6.04. The van der Waals surface area contributed by atoms with E-state index in [1.165, 1.54) is 6.42 Å². The van der Waals surface area contributed by atoms with Gasteiger partial charge in [0.2, 0.25) is 5.91 Å². The topological polar surface area (TPSA) is 58.8 Å². The van der Waals surface area contributed by atoms with Gasteiger partial charge >= 0.3 is 0 Å². The lowest BCUT2D eigenvalue weighted by molar-refractivity contribution is -0.138. The van der Waals surface area contributed by atoms with Crippen LogP contribution in [0.15, 0.2) is 0 Å². The van der Waals surface area contributed by atoms with Gasteiger partial charge in [0, 0.05) is 32.2 Å². The zero-order chi connectivity index (χ0) is 13.8. The van der Waals surface area contributed by atoms with Crippen molar-refractivity contribution in [2.45, 2.75) is 26.3 Å². The summed E-state index contributed by atoms with van der Waals surface area (Å²) in [5.41, 5.74) is 5.90. The summed E-state index contributed by atoms with van der Waals surface area (Å²) in [6.45, 7) is 9.44. The summed E-state index contributed by atoms with van der Waals surface area (Å²) in [6, 6.07) is 0.348. The van der Waals surface area contributed by atoms with Crippen LogP contribution in [0.25, 0.3) is 0 Å². The molecule has 0 spiro atoms. The van der Waals surface area contributed by atoms with Crippen LogP contribution in [-0.4, -0.2) is 67.7 Å². The molecule has 0 radical (unpaired) electrons. The molecule has 2 fully saturated rings. The third kappa shape index (κ3) is 3.68. The van der Waals surface area contributed by atoms with Gasteiger partial charge in [-0.1, -0.05) is 13.8 Å². The molecule has 19 heavy (non-hydrogen) atoms. The second-order valence-corrected chi connectivity index (χ2v) is 6.04. The van der Waals surface area contributed by atoms with Crippen molar-refractivity contribution in [1.82, 2.24) is 9.80 Å². The van der Waals surface area contributed by atoms with Crippen molar-refractivity contribution >= 4 is 5.91 Å². The van der Waals surface area contributed by atoms with Gasteiger partial charge in [0.05, 0.1) is 19.8 Å². The third-order valence-electron chi connectivity index (χ3n) is 4.39. The SMILES string of the molecule is CC1CC(C)C(CN)N(CC(=O)N2CCOCC2)C1. The molecule has 5 nitrogen and oxygen atoms in total. The Morgan fingerprint density at radius 1 is 1.32 bits per heavy atom. The summed E-state index contributed by atoms with van der Waals surface area (Å²) in [6.07, 6.45) is 1.21. The van der Waals surface area contributed by atoms with Crippen LogP contribution in [0.3, 0.4) is 0 Å². The number of ether oxygens (including phenoxy) is 1. The van der Waals surface area contributed by atoms with Gasteiger partial charge in [0.25, 0.3) is 0 Å². The molecule has 3 unspecified atom stereocenters. The van der Waals surface area contributed by atoms with E-state index in [9.17, 15) is 4.79 Å². The molecule has 0 aliphatic carbocycles. The minimum Gasteiger partial charge on any atom is -0.378 e. The minimum absolute atomic E-state index is 0.225. The van der Waals surface area contributed by atoms with Crippen LogP contribution in [0.1, 0.15) is 20.3 Å². The lowest BCUT2D eigenvalue weighted by atomic mass is 9.85. The highest BCUT2D eigenvalue weighted by atomic mass is 16.5. The summed E-state index contributed by atoms with van der Waals surface area (Å²) in [5, 5.41) is 0. The van der Waals surface area contributed by atoms with Gasteiger partial charge in [0.1, 0.15) is 0 Å². The van der Waals surface area contributed by atoms with Gasteiger partial charge in [-0.15, -0.1) is 0 Å². The van der Waals surface area contributed by atoms with Crippen LogP contribution in [0.2, 0.25) is 0 Å². The number of nitrogens with two attached hydrogens (primary N) is 1. The van der Waals surface area contributed by atoms with Crippen LogP contribution in [0.4, 0.5) is 0 Å². The van der Waals surface area contributed by atoms with Crippen LogP contribution in [-0.2, 0) is 9.53 Å². The van der Waals surface area contributed by atoms with E-state index in [1.54, 1.807) is 0 Å². The van der Waals surface area contributed by atoms with Gasteiger partial charge in [0.15, 0.2) is 0 Å². The van der Waals surface area contributed by atoms with Crippen molar-refractivity contribution in [3.05, 3.63) is 0 Å². The Morgan fingerprint density at radius 3 is 2.63 bits per heavy atom. The van der Waals surface area contributed by atoms with Crippen LogP contribution in [0, 0.1) is 11.8 Å². The average Bonchev–Trinajstić information content (AvgIpc) is 2.39. The first kappa shape index (κ1) is 14.8. The van der Waals surface area contributed by atoms with E-state index >= 15 is 0 Å². The monoisotopic (exact) mass is 269 g/mol. The van der Waals surface area contributed by atoms with E-state index in [2.05, 4.69) is 18.7 Å². The lowest BCUT2D eigenvalue weighted by Gasteiger charge is -2.42. The number of piperidine rings is 1. The van der Waals surface area contributed by atoms with Gasteiger partial charge in [-0.25, -0.2) is 0 Å². The number of carbonyl (C=O) groups is 1. The largest absolute Gasteiger partial charge is 0.378 e. The normalized spacial score (nSPS) is 33.4. The summed E-state index contributed by atoms with van der Waals surface area (Å²) in [7, 11) is 0. The van der Waals surface area contributed by atoms with Crippen LogP contribution < -0.4 is 5.73 Å². The van der Waals surface area contributed by atoms with Crippen LogP contribution >= 0.6 is 0 Å². The number of carbonyl (C=O) groups excluding carboxylic acids is 1. The first-order chi connectivity index (χ1) is 9.11. The van der Waals surface area contributed by atoms with Crippen molar-refractivity contribution < 1.29 is 9.53 Å². The number of amides is 1. The van der Waals surface area contributed by atoms with Crippen LogP contribution in [0.5, 0.6) is 0 Å². The van der Waals surface area contributed by atoms with Crippen molar-refractivity contribution in [2.24, 2.45) is 17.6 Å². The van der Waals surface area contributed by atoms with Crippen molar-refractivity contribution in [3.8, 4) is 0 Å². The standard InChI is InChI=1S/C14H27N3O2/c1-11-7-12(2)13(8-15)17(9-11)10-14(18)16-3-5-19-6-4-16/h11-13H,3-10,15H2,1-2H3. The Morgan fingerprint density at radius 2 is 2.00 bits per heavy atom. The van der Waals surface area contributed by atoms with E-state index in [1.807, 2.05) is 4.90 Å². The van der Waals surface area contributed by atoms with E-state index in [0.29, 0.717) is 44.2 Å². The molecule has 2 saturated heterocycles. The molecule has 0 aromatic heterocycles. The van der Waals surface area contributed by atoms with E-state index < -0.39 is 0 Å². The fraction of sp³-hybridized carbons (Fsp3) is 0.929. The molecule has 0 aromatic carbocycles. The molecule has 2 aliphatic heterocycles. The third-order valence-corrected chi connectivity index (χ3v) is 4.39. The number of nitrogens with zero attached hydrogens (tertiary/aromatic N) is 2. The Balaban J connectivity index is 1.93. The highest BCUT2D eigenvalue weighted by Crippen LogP contribution is 2.26. The number of likely N-dealkylation sites (tertiary alicyclic amines) is 1. The molecular weight excluding hydrogens is 242 g/mol. The zero-order valence-corrected chi connectivity index (χ0v) is 12.2. The molecule has 0 aromatic rings. The first-order valence-electron chi connectivity index (χ1n) is 7.41. The molecule has 0 saturated carbocycles. The fourth-order valence-electron chi connectivity index (χ4n) is 3.41. The Hall–Kier alpha value is -0.650. The smallest absolute Gasteiger partial charge is 0.236 e. The molecule has 2 N–H and O–H groups in total. The average molecular weight is 269 g/mol. The number of morpholine rings is 1. The molecule has 5 heteroatoms. The van der Waals surface area contributed by atoms with E-state index in [4.69, 9.17) is 10.5 Å². The molecule has 1 amide bonds. The fourth-order valence-corrected chi connectivity index (χ4v) is 3.41. The predicted molar refractivity (Wildman–Crippen MR) is 74.8 cm³/mol. The highest BCUT2D eigenvalue weighted by Gasteiger charge is 2.33. The first-order valence-corrected chi connectivity index (χ1v) is 7.41. The molecule has 2 heterocycles. The molecule has 110 valence electrons. The van der Waals surface area contributed by atoms with Gasteiger partial charge in [-0.3, -0.25) is 9.69 Å². The Labute approximate surface area is 116 Å². The summed E-state index contributed by atoms with van der Waals surface area (Å²) >= 11 is 0. The van der Waals surface area contributed by atoms with Gasteiger partial charge in [-0.2, -0.15) is 0 Å². The Bertz CT molecular complexity index is 305. The quantitative estimate of drug-likeness (QED) is 0.792. The maximum atomic E-state index is 12.3.